The van der Waals surface area contributed by atoms with Crippen molar-refractivity contribution in [1.29, 1.82) is 0 Å². The lowest BCUT2D eigenvalue weighted by Crippen LogP contribution is -2.31. The second-order valence-electron chi connectivity index (χ2n) is 7.77. The Morgan fingerprint density at radius 2 is 2.00 bits per heavy atom. The average molecular weight is 353 g/mol. The van der Waals surface area contributed by atoms with E-state index in [1.165, 1.54) is 32.1 Å². The molecule has 1 unspecified atom stereocenters. The van der Waals surface area contributed by atoms with Crippen LogP contribution in [0.15, 0.2) is 6.07 Å². The third-order valence-corrected chi connectivity index (χ3v) is 6.28. The van der Waals surface area contributed by atoms with E-state index in [2.05, 4.69) is 21.8 Å². The fraction of sp³-hybridized carbons (Fsp3) is 0.778. The van der Waals surface area contributed by atoms with Gasteiger partial charge in [0.2, 0.25) is 5.91 Å². The van der Waals surface area contributed by atoms with E-state index in [1.54, 1.807) is 0 Å². The molecule has 3 aliphatic rings. The first-order valence-corrected chi connectivity index (χ1v) is 9.23. The van der Waals surface area contributed by atoms with Gasteiger partial charge in [-0.2, -0.15) is 5.10 Å². The predicted octanol–water partition coefficient (Wildman–Crippen LogP) is 3.22. The molecule has 0 bridgehead atoms. The summed E-state index contributed by atoms with van der Waals surface area (Å²) in [6, 6.07) is 2.10. The van der Waals surface area contributed by atoms with Gasteiger partial charge in [0.25, 0.3) is 0 Å². The number of halogens is 1. The molecule has 24 heavy (non-hydrogen) atoms. The standard InChI is InChI=1S/C18H28N4O.ClH/c1-22-16(11-15(21-22)13-5-3-2-4-6-13)20-17(23)14-12-18(14)7-9-19-10-8-18;/h11,13-14,19H,2-10,12H2,1H3,(H,20,23);1H. The highest BCUT2D eigenvalue weighted by Crippen LogP contribution is 2.58. The first-order valence-electron chi connectivity index (χ1n) is 9.23. The maximum atomic E-state index is 12.6. The second-order valence-corrected chi connectivity index (χ2v) is 7.77. The zero-order valence-electron chi connectivity index (χ0n) is 14.5. The lowest BCUT2D eigenvalue weighted by Gasteiger charge is -2.23. The third-order valence-electron chi connectivity index (χ3n) is 6.28. The summed E-state index contributed by atoms with van der Waals surface area (Å²) in [7, 11) is 1.94. The highest BCUT2D eigenvalue weighted by molar-refractivity contribution is 5.94. The molecule has 2 saturated carbocycles. The van der Waals surface area contributed by atoms with Crippen LogP contribution < -0.4 is 10.6 Å². The molecule has 1 saturated heterocycles. The molecule has 2 heterocycles. The molecule has 1 spiro atoms. The summed E-state index contributed by atoms with van der Waals surface area (Å²) in [5.41, 5.74) is 1.45. The highest BCUT2D eigenvalue weighted by atomic mass is 35.5. The molecule has 6 heteroatoms. The summed E-state index contributed by atoms with van der Waals surface area (Å²) >= 11 is 0. The number of aryl methyl sites for hydroxylation is 1. The molecule has 1 aliphatic heterocycles. The van der Waals surface area contributed by atoms with Crippen LogP contribution in [0.25, 0.3) is 0 Å². The van der Waals surface area contributed by atoms with E-state index in [1.807, 2.05) is 11.7 Å². The maximum absolute atomic E-state index is 12.6. The molecule has 2 aliphatic carbocycles. The highest BCUT2D eigenvalue weighted by Gasteiger charge is 2.57. The van der Waals surface area contributed by atoms with Crippen LogP contribution in [-0.2, 0) is 11.8 Å². The minimum absolute atomic E-state index is 0. The Labute approximate surface area is 150 Å². The number of piperidine rings is 1. The summed E-state index contributed by atoms with van der Waals surface area (Å²) < 4.78 is 1.85. The van der Waals surface area contributed by atoms with Gasteiger partial charge in [0.1, 0.15) is 5.82 Å². The van der Waals surface area contributed by atoms with Crippen molar-refractivity contribution >= 4 is 24.1 Å². The van der Waals surface area contributed by atoms with Gasteiger partial charge in [-0.1, -0.05) is 19.3 Å². The minimum atomic E-state index is 0. The smallest absolute Gasteiger partial charge is 0.229 e. The third kappa shape index (κ3) is 3.33. The number of carbonyl (C=O) groups is 1. The first-order chi connectivity index (χ1) is 11.2. The number of anilines is 1. The summed E-state index contributed by atoms with van der Waals surface area (Å²) in [5, 5.41) is 11.2. The van der Waals surface area contributed by atoms with E-state index in [9.17, 15) is 4.79 Å². The number of amides is 1. The Morgan fingerprint density at radius 1 is 1.29 bits per heavy atom. The number of hydrogen-bond acceptors (Lipinski definition) is 3. The van der Waals surface area contributed by atoms with Gasteiger partial charge in [-0.05, 0) is 50.6 Å². The van der Waals surface area contributed by atoms with Crippen LogP contribution in [-0.4, -0.2) is 28.8 Å². The van der Waals surface area contributed by atoms with E-state index < -0.39 is 0 Å². The van der Waals surface area contributed by atoms with Crippen molar-refractivity contribution in [3.05, 3.63) is 11.8 Å². The molecule has 3 fully saturated rings. The Bertz CT molecular complexity index is 588. The number of aromatic nitrogens is 2. The van der Waals surface area contributed by atoms with E-state index >= 15 is 0 Å². The summed E-state index contributed by atoms with van der Waals surface area (Å²) in [5.74, 6) is 1.85. The van der Waals surface area contributed by atoms with Crippen molar-refractivity contribution in [2.24, 2.45) is 18.4 Å². The van der Waals surface area contributed by atoms with Gasteiger partial charge in [0.05, 0.1) is 5.69 Å². The van der Waals surface area contributed by atoms with Gasteiger partial charge in [0, 0.05) is 24.9 Å². The van der Waals surface area contributed by atoms with Gasteiger partial charge in [0.15, 0.2) is 0 Å². The van der Waals surface area contributed by atoms with Crippen molar-refractivity contribution in [3.63, 3.8) is 0 Å². The number of hydrogen-bond donors (Lipinski definition) is 2. The van der Waals surface area contributed by atoms with Gasteiger partial charge < -0.3 is 10.6 Å². The molecule has 1 amide bonds. The zero-order valence-corrected chi connectivity index (χ0v) is 15.3. The summed E-state index contributed by atoms with van der Waals surface area (Å²) in [6.07, 6.45) is 9.79. The number of nitrogens with one attached hydrogen (secondary N) is 2. The number of carbonyl (C=O) groups excluding carboxylic acids is 1. The van der Waals surface area contributed by atoms with Gasteiger partial charge in [-0.25, -0.2) is 0 Å². The van der Waals surface area contributed by atoms with Crippen molar-refractivity contribution in [3.8, 4) is 0 Å². The Hall–Kier alpha value is -1.07. The normalized spacial score (nSPS) is 26.0. The van der Waals surface area contributed by atoms with Gasteiger partial charge in [-0.15, -0.1) is 12.4 Å². The molecule has 1 aromatic rings. The molecular formula is C18H29ClN4O. The number of rotatable bonds is 3. The monoisotopic (exact) mass is 352 g/mol. The molecule has 0 aromatic carbocycles. The van der Waals surface area contributed by atoms with E-state index in [0.29, 0.717) is 11.3 Å². The maximum Gasteiger partial charge on any atom is 0.229 e. The topological polar surface area (TPSA) is 59.0 Å². The molecule has 1 atom stereocenters. The summed E-state index contributed by atoms with van der Waals surface area (Å²) in [4.78, 5) is 12.6. The van der Waals surface area contributed by atoms with Crippen LogP contribution >= 0.6 is 12.4 Å². The van der Waals surface area contributed by atoms with Crippen molar-refractivity contribution < 1.29 is 4.79 Å². The fourth-order valence-electron chi connectivity index (χ4n) is 4.61. The van der Waals surface area contributed by atoms with Gasteiger partial charge in [-0.3, -0.25) is 9.48 Å². The largest absolute Gasteiger partial charge is 0.317 e. The van der Waals surface area contributed by atoms with Crippen molar-refractivity contribution in [2.45, 2.75) is 57.3 Å². The van der Waals surface area contributed by atoms with Gasteiger partial charge >= 0.3 is 0 Å². The van der Waals surface area contributed by atoms with Crippen molar-refractivity contribution in [1.82, 2.24) is 15.1 Å². The molecular weight excluding hydrogens is 324 g/mol. The van der Waals surface area contributed by atoms with Crippen LogP contribution in [0.2, 0.25) is 0 Å². The first kappa shape index (κ1) is 17.7. The molecule has 5 nitrogen and oxygen atoms in total. The molecule has 4 rings (SSSR count). The number of nitrogens with zero attached hydrogens (tertiary/aromatic N) is 2. The van der Waals surface area contributed by atoms with Crippen LogP contribution in [0, 0.1) is 11.3 Å². The Morgan fingerprint density at radius 3 is 2.71 bits per heavy atom. The van der Waals surface area contributed by atoms with Crippen LogP contribution in [0.3, 0.4) is 0 Å². The Kier molecular flexibility index (Phi) is 5.21. The second kappa shape index (κ2) is 7.04. The molecule has 0 radical (unpaired) electrons. The SMILES string of the molecule is Cl.Cn1nc(C2CCCCC2)cc1NC(=O)C1CC12CCNCC2. The van der Waals surface area contributed by atoms with Crippen LogP contribution in [0.5, 0.6) is 0 Å². The predicted molar refractivity (Wildman–Crippen MR) is 97.6 cm³/mol. The van der Waals surface area contributed by atoms with Crippen LogP contribution in [0.1, 0.15) is 63.0 Å². The Balaban J connectivity index is 0.00000169. The quantitative estimate of drug-likeness (QED) is 0.878. The fourth-order valence-corrected chi connectivity index (χ4v) is 4.61. The molecule has 2 N–H and O–H groups in total. The van der Waals surface area contributed by atoms with E-state index in [0.717, 1.165) is 43.9 Å². The zero-order chi connectivity index (χ0) is 15.9. The van der Waals surface area contributed by atoms with E-state index in [-0.39, 0.29) is 24.2 Å². The lowest BCUT2D eigenvalue weighted by atomic mass is 9.87. The molecule has 1 aromatic heterocycles. The molecule has 134 valence electrons. The summed E-state index contributed by atoms with van der Waals surface area (Å²) in [6.45, 7) is 2.11. The van der Waals surface area contributed by atoms with E-state index in [4.69, 9.17) is 0 Å². The average Bonchev–Trinajstić information content (AvgIpc) is 3.14. The van der Waals surface area contributed by atoms with Crippen LogP contribution in [0.4, 0.5) is 5.82 Å². The minimum Gasteiger partial charge on any atom is -0.317 e. The lowest BCUT2D eigenvalue weighted by molar-refractivity contribution is -0.118. The van der Waals surface area contributed by atoms with Crippen molar-refractivity contribution in [2.75, 3.05) is 18.4 Å².